The molecule has 4 fully saturated rings. The van der Waals surface area contributed by atoms with Crippen LogP contribution in [0.5, 0.6) is 0 Å². The molecule has 0 heterocycles. The summed E-state index contributed by atoms with van der Waals surface area (Å²) in [5.74, 6) is 0.455. The maximum atomic E-state index is 16.7. The number of halogens is 1. The molecule has 0 radical (unpaired) electrons. The summed E-state index contributed by atoms with van der Waals surface area (Å²) in [5, 5.41) is 19.4. The molecule has 0 bridgehead atoms. The zero-order chi connectivity index (χ0) is 18.0. The summed E-state index contributed by atoms with van der Waals surface area (Å²) in [6.07, 6.45) is 6.94. The summed E-state index contributed by atoms with van der Waals surface area (Å²) < 4.78 is 16.7. The first kappa shape index (κ1) is 17.9. The van der Waals surface area contributed by atoms with Crippen LogP contribution in [0.1, 0.15) is 71.6 Å². The van der Waals surface area contributed by atoms with E-state index in [1.165, 1.54) is 0 Å². The number of hydrogen-bond acceptors (Lipinski definition) is 3. The minimum atomic E-state index is -1.16. The van der Waals surface area contributed by atoms with Crippen molar-refractivity contribution in [3.05, 3.63) is 0 Å². The van der Waals surface area contributed by atoms with E-state index in [1.807, 2.05) is 0 Å². The van der Waals surface area contributed by atoms with Crippen LogP contribution < -0.4 is 0 Å². The maximum absolute atomic E-state index is 16.7. The van der Waals surface area contributed by atoms with Gasteiger partial charge in [0.2, 0.25) is 0 Å². The third-order valence-corrected chi connectivity index (χ3v) is 9.28. The quantitative estimate of drug-likeness (QED) is 0.797. The van der Waals surface area contributed by atoms with Crippen molar-refractivity contribution in [3.8, 4) is 0 Å². The van der Waals surface area contributed by atoms with Gasteiger partial charge in [0.1, 0.15) is 12.3 Å². The monoisotopic (exact) mass is 352 g/mol. The van der Waals surface area contributed by atoms with E-state index in [9.17, 15) is 15.0 Å². The van der Waals surface area contributed by atoms with Crippen molar-refractivity contribution in [2.24, 2.45) is 34.5 Å². The first-order valence-corrected chi connectivity index (χ1v) is 10.3. The predicted molar refractivity (Wildman–Crippen MR) is 93.7 cm³/mol. The van der Waals surface area contributed by atoms with Crippen LogP contribution in [0.25, 0.3) is 0 Å². The van der Waals surface area contributed by atoms with Crippen molar-refractivity contribution in [3.63, 3.8) is 0 Å². The van der Waals surface area contributed by atoms with E-state index in [0.717, 1.165) is 51.4 Å². The molecule has 0 aromatic heterocycles. The summed E-state index contributed by atoms with van der Waals surface area (Å²) in [5.41, 5.74) is -1.62. The van der Waals surface area contributed by atoms with Gasteiger partial charge in [0, 0.05) is 11.3 Å². The molecule has 4 saturated carbocycles. The van der Waals surface area contributed by atoms with Gasteiger partial charge in [-0.2, -0.15) is 0 Å². The largest absolute Gasteiger partial charge is 0.393 e. The number of fused-ring (bicyclic) bond motifs is 5. The third-order valence-electron chi connectivity index (χ3n) is 9.28. The number of ketones is 1. The van der Waals surface area contributed by atoms with Crippen LogP contribution in [0.15, 0.2) is 0 Å². The molecular formula is C21H33FO3. The van der Waals surface area contributed by atoms with Crippen LogP contribution in [-0.2, 0) is 4.79 Å². The van der Waals surface area contributed by atoms with Crippen molar-refractivity contribution in [1.29, 1.82) is 0 Å². The highest BCUT2D eigenvalue weighted by atomic mass is 19.1. The molecular weight excluding hydrogens is 319 g/mol. The van der Waals surface area contributed by atoms with E-state index >= 15 is 4.39 Å². The number of carbonyl (C=O) groups is 1. The fourth-order valence-electron chi connectivity index (χ4n) is 7.76. The average molecular weight is 352 g/mol. The highest BCUT2D eigenvalue weighted by Gasteiger charge is 2.68. The molecule has 2 N–H and O–H groups in total. The van der Waals surface area contributed by atoms with Gasteiger partial charge in [-0.1, -0.05) is 13.8 Å². The fraction of sp³-hybridized carbons (Fsp3) is 0.952. The second-order valence-corrected chi connectivity index (χ2v) is 9.96. The lowest BCUT2D eigenvalue weighted by Gasteiger charge is -2.63. The second-order valence-electron chi connectivity index (χ2n) is 9.96. The maximum Gasteiger partial charge on any atom is 0.161 e. The second kappa shape index (κ2) is 5.76. The Balaban J connectivity index is 1.66. The van der Waals surface area contributed by atoms with Crippen LogP contribution in [0.4, 0.5) is 4.39 Å². The lowest BCUT2D eigenvalue weighted by Crippen LogP contribution is -2.63. The smallest absolute Gasteiger partial charge is 0.161 e. The predicted octanol–water partition coefficient (Wildman–Crippen LogP) is 3.66. The summed E-state index contributed by atoms with van der Waals surface area (Å²) in [6, 6.07) is 0. The standard InChI is InChI=1S/C21H33FO3/c1-19-9-10-21(22)16(15(19)5-6-17(19)18(25)12-23)4-3-13-11-14(24)7-8-20(13,21)2/h13-17,23-24H,3-12H2,1-2H3/t13-,14-,15-,16-,17+,19-,20-,21+/m0/s1. The summed E-state index contributed by atoms with van der Waals surface area (Å²) in [4.78, 5) is 12.3. The molecule has 4 aliphatic carbocycles. The number of alkyl halides is 1. The number of Topliss-reactive ketones (excluding diaryl/α,β-unsaturated/α-hetero) is 1. The Kier molecular flexibility index (Phi) is 4.12. The van der Waals surface area contributed by atoms with Crippen molar-refractivity contribution in [2.45, 2.75) is 83.4 Å². The van der Waals surface area contributed by atoms with Crippen molar-refractivity contribution < 1.29 is 19.4 Å². The topological polar surface area (TPSA) is 57.5 Å². The lowest BCUT2D eigenvalue weighted by atomic mass is 9.43. The van der Waals surface area contributed by atoms with E-state index < -0.39 is 5.67 Å². The Morgan fingerprint density at radius 2 is 1.76 bits per heavy atom. The summed E-state index contributed by atoms with van der Waals surface area (Å²) >= 11 is 0. The van der Waals surface area contributed by atoms with Gasteiger partial charge in [-0.25, -0.2) is 4.39 Å². The van der Waals surface area contributed by atoms with E-state index in [4.69, 9.17) is 0 Å². The Labute approximate surface area is 150 Å². The molecule has 0 aromatic carbocycles. The fourth-order valence-corrected chi connectivity index (χ4v) is 7.76. The Bertz CT molecular complexity index is 565. The van der Waals surface area contributed by atoms with Crippen molar-refractivity contribution in [2.75, 3.05) is 6.61 Å². The van der Waals surface area contributed by atoms with Crippen molar-refractivity contribution in [1.82, 2.24) is 0 Å². The number of hydrogen-bond donors (Lipinski definition) is 2. The molecule has 4 aliphatic rings. The molecule has 4 rings (SSSR count). The van der Waals surface area contributed by atoms with E-state index in [1.54, 1.807) is 0 Å². The van der Waals surface area contributed by atoms with E-state index in [-0.39, 0.29) is 53.0 Å². The van der Waals surface area contributed by atoms with Gasteiger partial charge in [-0.05, 0) is 81.0 Å². The highest BCUT2D eigenvalue weighted by Crippen LogP contribution is 2.70. The average Bonchev–Trinajstić information content (AvgIpc) is 2.93. The van der Waals surface area contributed by atoms with Crippen molar-refractivity contribution >= 4 is 5.78 Å². The molecule has 0 unspecified atom stereocenters. The third kappa shape index (κ3) is 2.25. The molecule has 0 saturated heterocycles. The Hall–Kier alpha value is -0.480. The number of aliphatic hydroxyl groups is 2. The molecule has 8 atom stereocenters. The van der Waals surface area contributed by atoms with E-state index in [0.29, 0.717) is 6.42 Å². The normalized spacial score (nSPS) is 55.2. The Morgan fingerprint density at radius 1 is 1.04 bits per heavy atom. The zero-order valence-corrected chi connectivity index (χ0v) is 15.6. The minimum Gasteiger partial charge on any atom is -0.393 e. The molecule has 0 aliphatic heterocycles. The lowest BCUT2D eigenvalue weighted by molar-refractivity contribution is -0.202. The van der Waals surface area contributed by atoms with Crippen LogP contribution in [-0.4, -0.2) is 34.4 Å². The zero-order valence-electron chi connectivity index (χ0n) is 15.6. The van der Waals surface area contributed by atoms with Gasteiger partial charge in [-0.15, -0.1) is 0 Å². The van der Waals surface area contributed by atoms with Crippen LogP contribution >= 0.6 is 0 Å². The Morgan fingerprint density at radius 3 is 2.48 bits per heavy atom. The number of aliphatic hydroxyl groups excluding tert-OH is 2. The number of carbonyl (C=O) groups excluding carboxylic acids is 1. The SMILES string of the molecule is C[C@]12CC[C@@]3(F)[C@@H](CC[C@H]4C[C@@H](O)CC[C@@]43C)[C@@H]1CC[C@@H]2C(=O)CO. The minimum absolute atomic E-state index is 0.0410. The number of rotatable bonds is 2. The van der Waals surface area contributed by atoms with Crippen LogP contribution in [0, 0.1) is 34.5 Å². The molecule has 142 valence electrons. The molecule has 0 spiro atoms. The molecule has 0 amide bonds. The van der Waals surface area contributed by atoms with Gasteiger partial charge in [0.25, 0.3) is 0 Å². The molecule has 4 heteroatoms. The van der Waals surface area contributed by atoms with Gasteiger partial charge >= 0.3 is 0 Å². The molecule has 25 heavy (non-hydrogen) atoms. The molecule has 3 nitrogen and oxygen atoms in total. The first-order valence-electron chi connectivity index (χ1n) is 10.3. The van der Waals surface area contributed by atoms with Crippen LogP contribution in [0.3, 0.4) is 0 Å². The summed E-state index contributed by atoms with van der Waals surface area (Å²) in [6.45, 7) is 3.95. The van der Waals surface area contributed by atoms with E-state index in [2.05, 4.69) is 13.8 Å². The molecule has 0 aromatic rings. The van der Waals surface area contributed by atoms with Crippen LogP contribution in [0.2, 0.25) is 0 Å². The highest BCUT2D eigenvalue weighted by molar-refractivity contribution is 5.83. The summed E-state index contributed by atoms with van der Waals surface area (Å²) in [7, 11) is 0. The van der Waals surface area contributed by atoms with Gasteiger partial charge < -0.3 is 10.2 Å². The van der Waals surface area contributed by atoms with Gasteiger partial charge in [-0.3, -0.25) is 4.79 Å². The van der Waals surface area contributed by atoms with Gasteiger partial charge in [0.15, 0.2) is 5.78 Å². The van der Waals surface area contributed by atoms with Gasteiger partial charge in [0.05, 0.1) is 6.10 Å². The first-order chi connectivity index (χ1) is 11.8.